The topological polar surface area (TPSA) is 78.2 Å². The van der Waals surface area contributed by atoms with Gasteiger partial charge in [-0.15, -0.1) is 0 Å². The highest BCUT2D eigenvalue weighted by Gasteiger charge is 2.15. The molecule has 0 saturated carbocycles. The molecule has 0 bridgehead atoms. The first-order valence-electron chi connectivity index (χ1n) is 6.72. The van der Waals surface area contributed by atoms with Crippen molar-refractivity contribution in [3.63, 3.8) is 0 Å². The number of carbonyl (C=O) groups is 1. The van der Waals surface area contributed by atoms with E-state index in [1.807, 2.05) is 34.9 Å². The molecule has 1 aromatic heterocycles. The van der Waals surface area contributed by atoms with Crippen LogP contribution in [-0.2, 0) is 17.9 Å². The van der Waals surface area contributed by atoms with Crippen molar-refractivity contribution < 1.29 is 15.0 Å². The highest BCUT2D eigenvalue weighted by molar-refractivity contribution is 8.00. The maximum Gasteiger partial charge on any atom is 0.169 e. The highest BCUT2D eigenvalue weighted by Crippen LogP contribution is 2.25. The second kappa shape index (κ2) is 7.28. The lowest BCUT2D eigenvalue weighted by Crippen LogP contribution is -2.33. The Kier molecular flexibility index (Phi) is 5.41. The summed E-state index contributed by atoms with van der Waals surface area (Å²) in [6, 6.07) is 9.81. The van der Waals surface area contributed by atoms with Gasteiger partial charge in [-0.1, -0.05) is 49.0 Å². The van der Waals surface area contributed by atoms with Crippen LogP contribution < -0.4 is 5.11 Å². The van der Waals surface area contributed by atoms with E-state index in [0.29, 0.717) is 23.8 Å². The molecule has 0 aliphatic carbocycles. The summed E-state index contributed by atoms with van der Waals surface area (Å²) < 4.78 is 1.86. The Morgan fingerprint density at radius 2 is 2.14 bits per heavy atom. The van der Waals surface area contributed by atoms with Gasteiger partial charge in [-0.2, -0.15) is 0 Å². The van der Waals surface area contributed by atoms with E-state index in [2.05, 4.69) is 4.98 Å². The van der Waals surface area contributed by atoms with Gasteiger partial charge in [-0.3, -0.25) is 0 Å². The number of carboxylic acids is 1. The van der Waals surface area contributed by atoms with Crippen LogP contribution in [0.5, 0.6) is 0 Å². The summed E-state index contributed by atoms with van der Waals surface area (Å²) in [6.45, 7) is 2.21. The van der Waals surface area contributed by atoms with Crippen LogP contribution >= 0.6 is 11.8 Å². The molecule has 0 spiro atoms. The SMILES string of the molecule is CC[C@H](Sc1nc(CO)cn1Cc1ccccc1)C(=O)[O-]. The van der Waals surface area contributed by atoms with Gasteiger partial charge in [0.2, 0.25) is 0 Å². The Hall–Kier alpha value is -1.79. The predicted octanol–water partition coefficient (Wildman–Crippen LogP) is 1.04. The van der Waals surface area contributed by atoms with Crippen LogP contribution in [0.25, 0.3) is 0 Å². The van der Waals surface area contributed by atoms with E-state index in [9.17, 15) is 15.0 Å². The third-order valence-electron chi connectivity index (χ3n) is 3.03. The van der Waals surface area contributed by atoms with Gasteiger partial charge in [0.25, 0.3) is 0 Å². The molecule has 2 rings (SSSR count). The highest BCUT2D eigenvalue weighted by atomic mass is 32.2. The number of carbonyl (C=O) groups excluding carboxylic acids is 1. The molecule has 0 amide bonds. The van der Waals surface area contributed by atoms with Gasteiger partial charge in [0, 0.05) is 12.7 Å². The molecular formula is C15H17N2O3S-. The normalized spacial score (nSPS) is 12.3. The lowest BCUT2D eigenvalue weighted by molar-refractivity contribution is -0.304. The Balaban J connectivity index is 2.23. The molecule has 0 aliphatic heterocycles. The summed E-state index contributed by atoms with van der Waals surface area (Å²) in [5.41, 5.74) is 1.62. The summed E-state index contributed by atoms with van der Waals surface area (Å²) in [4.78, 5) is 15.3. The van der Waals surface area contributed by atoms with Crippen molar-refractivity contribution in [1.82, 2.24) is 9.55 Å². The van der Waals surface area contributed by atoms with Crippen LogP contribution in [0, 0.1) is 0 Å². The second-order valence-electron chi connectivity index (χ2n) is 4.62. The van der Waals surface area contributed by atoms with Crippen LogP contribution in [0.4, 0.5) is 0 Å². The summed E-state index contributed by atoms with van der Waals surface area (Å²) in [5, 5.41) is 20.2. The average molecular weight is 305 g/mol. The van der Waals surface area contributed by atoms with E-state index in [0.717, 1.165) is 17.3 Å². The molecule has 5 nitrogen and oxygen atoms in total. The molecule has 21 heavy (non-hydrogen) atoms. The van der Waals surface area contributed by atoms with Gasteiger partial charge in [0.1, 0.15) is 0 Å². The van der Waals surface area contributed by atoms with Gasteiger partial charge in [-0.05, 0) is 12.0 Å². The lowest BCUT2D eigenvalue weighted by Gasteiger charge is -2.15. The lowest BCUT2D eigenvalue weighted by atomic mass is 10.2. The Morgan fingerprint density at radius 3 is 2.71 bits per heavy atom. The van der Waals surface area contributed by atoms with E-state index in [1.165, 1.54) is 0 Å². The van der Waals surface area contributed by atoms with Crippen LogP contribution in [-0.4, -0.2) is 25.9 Å². The number of aromatic nitrogens is 2. The number of carboxylic acid groups (broad SMARTS) is 1. The molecule has 6 heteroatoms. The van der Waals surface area contributed by atoms with Gasteiger partial charge in [0.05, 0.1) is 23.5 Å². The summed E-state index contributed by atoms with van der Waals surface area (Å²) in [7, 11) is 0. The molecule has 0 unspecified atom stereocenters. The van der Waals surface area contributed by atoms with Crippen LogP contribution in [0.2, 0.25) is 0 Å². The quantitative estimate of drug-likeness (QED) is 0.773. The van der Waals surface area contributed by atoms with E-state index in [1.54, 1.807) is 13.1 Å². The molecule has 1 N–H and O–H groups in total. The number of aliphatic hydroxyl groups excluding tert-OH is 1. The number of aliphatic carboxylic acids is 1. The molecule has 1 heterocycles. The molecular weight excluding hydrogens is 288 g/mol. The Bertz CT molecular complexity index is 598. The minimum absolute atomic E-state index is 0.169. The van der Waals surface area contributed by atoms with Crippen molar-refractivity contribution in [3.8, 4) is 0 Å². The van der Waals surface area contributed by atoms with Gasteiger partial charge >= 0.3 is 0 Å². The first kappa shape index (κ1) is 15.6. The molecule has 0 fully saturated rings. The zero-order valence-electron chi connectivity index (χ0n) is 11.7. The Morgan fingerprint density at radius 1 is 1.43 bits per heavy atom. The van der Waals surface area contributed by atoms with Crippen molar-refractivity contribution in [3.05, 3.63) is 47.8 Å². The van der Waals surface area contributed by atoms with Crippen LogP contribution in [0.3, 0.4) is 0 Å². The third kappa shape index (κ3) is 4.09. The third-order valence-corrected chi connectivity index (χ3v) is 4.38. The standard InChI is InChI=1S/C15H18N2O3S/c1-2-13(14(19)20)21-15-16-12(10-18)9-17(15)8-11-6-4-3-5-7-11/h3-7,9,13,18H,2,8,10H2,1H3,(H,19,20)/p-1/t13-/m0/s1. The molecule has 0 aliphatic rings. The maximum atomic E-state index is 11.1. The first-order valence-corrected chi connectivity index (χ1v) is 7.60. The van der Waals surface area contributed by atoms with Crippen molar-refractivity contribution in [1.29, 1.82) is 0 Å². The van der Waals surface area contributed by atoms with Crippen molar-refractivity contribution in [2.45, 2.75) is 36.9 Å². The minimum Gasteiger partial charge on any atom is -0.549 e. The number of hydrogen-bond acceptors (Lipinski definition) is 5. The fourth-order valence-electron chi connectivity index (χ4n) is 1.94. The maximum absolute atomic E-state index is 11.1. The molecule has 1 atom stereocenters. The van der Waals surface area contributed by atoms with E-state index in [-0.39, 0.29) is 6.61 Å². The fraction of sp³-hybridized carbons (Fsp3) is 0.333. The predicted molar refractivity (Wildman–Crippen MR) is 78.6 cm³/mol. The largest absolute Gasteiger partial charge is 0.549 e. The van der Waals surface area contributed by atoms with Gasteiger partial charge < -0.3 is 19.6 Å². The molecule has 0 radical (unpaired) electrons. The number of benzene rings is 1. The first-order chi connectivity index (χ1) is 10.1. The summed E-state index contributed by atoms with van der Waals surface area (Å²) >= 11 is 1.16. The van der Waals surface area contributed by atoms with Crippen molar-refractivity contribution >= 4 is 17.7 Å². The number of thioether (sulfide) groups is 1. The molecule has 0 saturated heterocycles. The van der Waals surface area contributed by atoms with Crippen LogP contribution in [0.1, 0.15) is 24.6 Å². The molecule has 112 valence electrons. The number of imidazole rings is 1. The molecule has 1 aromatic carbocycles. The zero-order chi connectivity index (χ0) is 15.2. The fourth-order valence-corrected chi connectivity index (χ4v) is 2.88. The second-order valence-corrected chi connectivity index (χ2v) is 5.79. The summed E-state index contributed by atoms with van der Waals surface area (Å²) in [5.74, 6) is -1.10. The van der Waals surface area contributed by atoms with Gasteiger partial charge in [-0.25, -0.2) is 4.98 Å². The number of nitrogens with zero attached hydrogens (tertiary/aromatic N) is 2. The summed E-state index contributed by atoms with van der Waals surface area (Å²) in [6.07, 6.45) is 2.21. The van der Waals surface area contributed by atoms with Crippen molar-refractivity contribution in [2.75, 3.05) is 0 Å². The average Bonchev–Trinajstić information content (AvgIpc) is 2.87. The molecule has 2 aromatic rings. The number of hydrogen-bond donors (Lipinski definition) is 1. The Labute approximate surface area is 127 Å². The van der Waals surface area contributed by atoms with E-state index >= 15 is 0 Å². The smallest absolute Gasteiger partial charge is 0.169 e. The van der Waals surface area contributed by atoms with Crippen molar-refractivity contribution in [2.24, 2.45) is 0 Å². The number of rotatable bonds is 7. The minimum atomic E-state index is -1.10. The van der Waals surface area contributed by atoms with Gasteiger partial charge in [0.15, 0.2) is 5.16 Å². The zero-order valence-corrected chi connectivity index (χ0v) is 12.5. The van der Waals surface area contributed by atoms with Crippen LogP contribution in [0.15, 0.2) is 41.7 Å². The van der Waals surface area contributed by atoms with E-state index < -0.39 is 11.2 Å². The number of aliphatic hydroxyl groups is 1. The van der Waals surface area contributed by atoms with E-state index in [4.69, 9.17) is 0 Å². The monoisotopic (exact) mass is 305 g/mol.